The molecule has 2 aromatic rings. The molecule has 1 aromatic carbocycles. The fraction of sp³-hybridized carbons (Fsp3) is 0.0769. The highest BCUT2D eigenvalue weighted by Crippen LogP contribution is 2.42. The fourth-order valence-electron chi connectivity index (χ4n) is 1.73. The number of amides is 1. The molecule has 1 aliphatic rings. The van der Waals surface area contributed by atoms with Crippen LogP contribution in [0.4, 0.5) is 14.5 Å². The number of pyridine rings is 1. The summed E-state index contributed by atoms with van der Waals surface area (Å²) in [4.78, 5) is 15.7. The molecule has 0 bridgehead atoms. The number of alkyl halides is 2. The van der Waals surface area contributed by atoms with Crippen molar-refractivity contribution in [2.75, 3.05) is 5.32 Å². The molecule has 0 spiro atoms. The molecular weight excluding hydrogens is 270 g/mol. The van der Waals surface area contributed by atoms with Crippen LogP contribution in [0, 0.1) is 0 Å². The lowest BCUT2D eigenvalue weighted by atomic mass is 10.2. The van der Waals surface area contributed by atoms with Crippen molar-refractivity contribution in [1.82, 2.24) is 4.98 Å². The van der Waals surface area contributed by atoms with Gasteiger partial charge < -0.3 is 14.8 Å². The molecule has 0 atom stereocenters. The lowest BCUT2D eigenvalue weighted by Crippen LogP contribution is -2.25. The van der Waals surface area contributed by atoms with Gasteiger partial charge in [-0.05, 0) is 24.3 Å². The zero-order valence-electron chi connectivity index (χ0n) is 9.97. The maximum atomic E-state index is 12.9. The summed E-state index contributed by atoms with van der Waals surface area (Å²) in [6.45, 7) is 0. The molecule has 3 rings (SSSR count). The first-order chi connectivity index (χ1) is 9.53. The van der Waals surface area contributed by atoms with Crippen molar-refractivity contribution in [2.45, 2.75) is 6.29 Å². The molecule has 1 N–H and O–H groups in total. The van der Waals surface area contributed by atoms with Crippen molar-refractivity contribution < 1.29 is 23.0 Å². The third-order valence-corrected chi connectivity index (χ3v) is 2.58. The van der Waals surface area contributed by atoms with Crippen molar-refractivity contribution in [3.63, 3.8) is 0 Å². The first kappa shape index (κ1) is 12.3. The predicted octanol–water partition coefficient (Wildman–Crippen LogP) is 2.66. The van der Waals surface area contributed by atoms with Gasteiger partial charge in [0.2, 0.25) is 0 Å². The van der Waals surface area contributed by atoms with Crippen LogP contribution in [-0.2, 0) is 0 Å². The van der Waals surface area contributed by atoms with Crippen LogP contribution in [0.3, 0.4) is 0 Å². The van der Waals surface area contributed by atoms with Gasteiger partial charge in [0, 0.05) is 24.1 Å². The van der Waals surface area contributed by atoms with Crippen molar-refractivity contribution in [1.29, 1.82) is 0 Å². The minimum Gasteiger partial charge on any atom is -0.395 e. The van der Waals surface area contributed by atoms with Crippen molar-refractivity contribution in [3.8, 4) is 11.5 Å². The number of fused-ring (bicyclic) bond motifs is 1. The highest BCUT2D eigenvalue weighted by atomic mass is 19.3. The van der Waals surface area contributed by atoms with Gasteiger partial charge in [-0.1, -0.05) is 0 Å². The Hall–Kier alpha value is -2.70. The van der Waals surface area contributed by atoms with E-state index in [1.165, 1.54) is 24.4 Å². The number of hydrogen-bond acceptors (Lipinski definition) is 4. The van der Waals surface area contributed by atoms with E-state index in [1.807, 2.05) is 0 Å². The number of nitrogens with one attached hydrogen (secondary N) is 1. The van der Waals surface area contributed by atoms with E-state index >= 15 is 0 Å². The summed E-state index contributed by atoms with van der Waals surface area (Å²) >= 11 is 0. The van der Waals surface area contributed by atoms with E-state index in [2.05, 4.69) is 19.8 Å². The highest BCUT2D eigenvalue weighted by Gasteiger charge is 2.43. The molecular formula is C13H8F2N2O3. The van der Waals surface area contributed by atoms with E-state index in [4.69, 9.17) is 0 Å². The Morgan fingerprint density at radius 3 is 2.75 bits per heavy atom. The summed E-state index contributed by atoms with van der Waals surface area (Å²) < 4.78 is 34.3. The molecule has 0 aliphatic carbocycles. The zero-order chi connectivity index (χ0) is 14.2. The van der Waals surface area contributed by atoms with E-state index in [0.29, 0.717) is 11.3 Å². The minimum absolute atomic E-state index is 0.0747. The molecule has 102 valence electrons. The SMILES string of the molecule is O=C(Nc1ccc2c(c1)OC(F)(F)O2)c1cccnc1. The van der Waals surface area contributed by atoms with Crippen molar-refractivity contribution in [3.05, 3.63) is 48.3 Å². The second kappa shape index (κ2) is 4.44. The Balaban J connectivity index is 1.79. The van der Waals surface area contributed by atoms with Gasteiger partial charge in [0.05, 0.1) is 5.56 Å². The summed E-state index contributed by atoms with van der Waals surface area (Å²) in [5, 5.41) is 2.56. The van der Waals surface area contributed by atoms with E-state index in [-0.39, 0.29) is 11.5 Å². The van der Waals surface area contributed by atoms with Crippen LogP contribution in [0.5, 0.6) is 11.5 Å². The monoisotopic (exact) mass is 278 g/mol. The van der Waals surface area contributed by atoms with Crippen LogP contribution in [0.25, 0.3) is 0 Å². The topological polar surface area (TPSA) is 60.5 Å². The van der Waals surface area contributed by atoms with E-state index in [1.54, 1.807) is 18.3 Å². The summed E-state index contributed by atoms with van der Waals surface area (Å²) in [6.07, 6.45) is -0.732. The Morgan fingerprint density at radius 2 is 2.00 bits per heavy atom. The van der Waals surface area contributed by atoms with Crippen LogP contribution >= 0.6 is 0 Å². The third-order valence-electron chi connectivity index (χ3n) is 2.58. The number of anilines is 1. The maximum Gasteiger partial charge on any atom is 0.586 e. The molecule has 20 heavy (non-hydrogen) atoms. The van der Waals surface area contributed by atoms with Crippen LogP contribution < -0.4 is 14.8 Å². The standard InChI is InChI=1S/C13H8F2N2O3/c14-13(15)19-10-4-3-9(6-11(10)20-13)17-12(18)8-2-1-5-16-7-8/h1-7H,(H,17,18). The Morgan fingerprint density at radius 1 is 1.20 bits per heavy atom. The lowest BCUT2D eigenvalue weighted by molar-refractivity contribution is -0.286. The van der Waals surface area contributed by atoms with Gasteiger partial charge in [-0.3, -0.25) is 9.78 Å². The number of carbonyl (C=O) groups is 1. The van der Waals surface area contributed by atoms with E-state index in [0.717, 1.165) is 0 Å². The number of nitrogens with zero attached hydrogens (tertiary/aromatic N) is 1. The number of ether oxygens (including phenoxy) is 2. The average Bonchev–Trinajstić information content (AvgIpc) is 2.73. The minimum atomic E-state index is -3.67. The van der Waals surface area contributed by atoms with Gasteiger partial charge in [-0.2, -0.15) is 0 Å². The predicted molar refractivity (Wildman–Crippen MR) is 64.8 cm³/mol. The number of hydrogen-bond donors (Lipinski definition) is 1. The second-order valence-electron chi connectivity index (χ2n) is 4.02. The normalized spacial score (nSPS) is 14.9. The van der Waals surface area contributed by atoms with E-state index in [9.17, 15) is 13.6 Å². The third kappa shape index (κ3) is 2.37. The van der Waals surface area contributed by atoms with Crippen LogP contribution in [-0.4, -0.2) is 17.2 Å². The highest BCUT2D eigenvalue weighted by molar-refractivity contribution is 6.04. The molecule has 0 unspecified atom stereocenters. The number of halogens is 2. The molecule has 2 heterocycles. The number of carbonyl (C=O) groups excluding carboxylic acids is 1. The zero-order valence-corrected chi connectivity index (χ0v) is 9.97. The molecule has 0 radical (unpaired) electrons. The molecule has 1 amide bonds. The molecule has 0 fully saturated rings. The van der Waals surface area contributed by atoms with Crippen molar-refractivity contribution >= 4 is 11.6 Å². The van der Waals surface area contributed by atoms with Gasteiger partial charge in [0.1, 0.15) is 0 Å². The Bertz CT molecular complexity index is 662. The molecule has 1 aromatic heterocycles. The number of aromatic nitrogens is 1. The fourth-order valence-corrected chi connectivity index (χ4v) is 1.73. The van der Waals surface area contributed by atoms with Gasteiger partial charge in [-0.25, -0.2) is 0 Å². The molecule has 7 heteroatoms. The van der Waals surface area contributed by atoms with Crippen molar-refractivity contribution in [2.24, 2.45) is 0 Å². The summed E-state index contributed by atoms with van der Waals surface area (Å²) in [5.74, 6) is -0.600. The second-order valence-corrected chi connectivity index (χ2v) is 4.02. The van der Waals surface area contributed by atoms with Gasteiger partial charge in [0.25, 0.3) is 5.91 Å². The Kier molecular flexibility index (Phi) is 2.74. The van der Waals surface area contributed by atoms with Gasteiger partial charge in [0.15, 0.2) is 11.5 Å². The first-order valence-electron chi connectivity index (χ1n) is 5.65. The van der Waals surface area contributed by atoms with Gasteiger partial charge >= 0.3 is 6.29 Å². The summed E-state index contributed by atoms with van der Waals surface area (Å²) in [7, 11) is 0. The lowest BCUT2D eigenvalue weighted by Gasteiger charge is -2.05. The molecule has 0 saturated carbocycles. The maximum absolute atomic E-state index is 12.9. The molecule has 0 saturated heterocycles. The van der Waals surface area contributed by atoms with E-state index < -0.39 is 12.2 Å². The number of rotatable bonds is 2. The van der Waals surface area contributed by atoms with Gasteiger partial charge in [-0.15, -0.1) is 8.78 Å². The van der Waals surface area contributed by atoms with Crippen LogP contribution in [0.15, 0.2) is 42.7 Å². The summed E-state index contributed by atoms with van der Waals surface area (Å²) in [5.41, 5.74) is 0.675. The largest absolute Gasteiger partial charge is 0.586 e. The van der Waals surface area contributed by atoms with Crippen LogP contribution in [0.1, 0.15) is 10.4 Å². The first-order valence-corrected chi connectivity index (χ1v) is 5.65. The summed E-state index contributed by atoms with van der Waals surface area (Å²) in [6, 6.07) is 7.22. The average molecular weight is 278 g/mol. The number of benzene rings is 1. The van der Waals surface area contributed by atoms with Crippen LogP contribution in [0.2, 0.25) is 0 Å². The quantitative estimate of drug-likeness (QED) is 0.917. The smallest absolute Gasteiger partial charge is 0.395 e. The molecule has 1 aliphatic heterocycles. The Labute approximate surface area is 112 Å². The molecule has 5 nitrogen and oxygen atoms in total.